The highest BCUT2D eigenvalue weighted by Crippen LogP contribution is 2.38. The first-order valence-corrected chi connectivity index (χ1v) is 13.7. The summed E-state index contributed by atoms with van der Waals surface area (Å²) in [5.41, 5.74) is 4.31. The average molecular weight is 526 g/mol. The summed E-state index contributed by atoms with van der Waals surface area (Å²) in [4.78, 5) is 6.94. The standard InChI is InChI=1S/C33H39N3O3/c1-33(2,3)24-8-10-25(11-9-24)35-26-12-14-27(15-13-26)39-30-16-17-34-29-20-32(31(37-5)19-28(29)30)38-22-23-7-6-18-36(4)21-23/h8-17,19-20,23,35H,6-7,18,21-22H2,1-5H3. The second kappa shape index (κ2) is 11.5. The molecule has 1 saturated heterocycles. The van der Waals surface area contributed by atoms with Gasteiger partial charge < -0.3 is 24.4 Å². The van der Waals surface area contributed by atoms with E-state index >= 15 is 0 Å². The van der Waals surface area contributed by atoms with Crippen LogP contribution in [-0.4, -0.2) is 43.7 Å². The molecule has 5 rings (SSSR count). The van der Waals surface area contributed by atoms with Crippen LogP contribution in [0.1, 0.15) is 39.2 Å². The number of pyridine rings is 1. The molecule has 0 amide bonds. The van der Waals surface area contributed by atoms with Crippen LogP contribution in [0.25, 0.3) is 10.9 Å². The molecule has 0 spiro atoms. The number of ether oxygens (including phenoxy) is 3. The van der Waals surface area contributed by atoms with Crippen molar-refractivity contribution in [2.24, 2.45) is 5.92 Å². The summed E-state index contributed by atoms with van der Waals surface area (Å²) in [5, 5.41) is 4.34. The van der Waals surface area contributed by atoms with Crippen LogP contribution in [0.5, 0.6) is 23.0 Å². The summed E-state index contributed by atoms with van der Waals surface area (Å²) in [6, 6.07) is 22.3. The van der Waals surface area contributed by atoms with Crippen LogP contribution >= 0.6 is 0 Å². The Morgan fingerprint density at radius 3 is 2.31 bits per heavy atom. The largest absolute Gasteiger partial charge is 0.493 e. The molecule has 1 fully saturated rings. The lowest BCUT2D eigenvalue weighted by atomic mass is 9.87. The van der Waals surface area contributed by atoms with Crippen LogP contribution in [0, 0.1) is 5.92 Å². The predicted molar refractivity (Wildman–Crippen MR) is 159 cm³/mol. The molecule has 1 aliphatic rings. The fourth-order valence-electron chi connectivity index (χ4n) is 5.06. The van der Waals surface area contributed by atoms with Crippen molar-refractivity contribution >= 4 is 22.3 Å². The second-order valence-electron chi connectivity index (χ2n) is 11.5. The van der Waals surface area contributed by atoms with Crippen molar-refractivity contribution in [3.05, 3.63) is 78.5 Å². The molecule has 0 saturated carbocycles. The third kappa shape index (κ3) is 6.63. The number of hydrogen-bond donors (Lipinski definition) is 1. The molecule has 1 aromatic heterocycles. The molecule has 0 aliphatic carbocycles. The number of hydrogen-bond acceptors (Lipinski definition) is 6. The summed E-state index contributed by atoms with van der Waals surface area (Å²) in [5.74, 6) is 3.39. The minimum Gasteiger partial charge on any atom is -0.493 e. The molecule has 4 aromatic rings. The minimum atomic E-state index is 0.138. The normalized spacial score (nSPS) is 16.2. The van der Waals surface area contributed by atoms with E-state index in [2.05, 4.69) is 67.3 Å². The van der Waals surface area contributed by atoms with Gasteiger partial charge in [0, 0.05) is 41.5 Å². The third-order valence-electron chi connectivity index (χ3n) is 7.31. The van der Waals surface area contributed by atoms with Gasteiger partial charge in [0.05, 0.1) is 19.2 Å². The van der Waals surface area contributed by atoms with Crippen molar-refractivity contribution in [1.29, 1.82) is 0 Å². The lowest BCUT2D eigenvalue weighted by molar-refractivity contribution is 0.148. The Morgan fingerprint density at radius 1 is 0.923 bits per heavy atom. The molecule has 3 aromatic carbocycles. The van der Waals surface area contributed by atoms with Crippen molar-refractivity contribution < 1.29 is 14.2 Å². The average Bonchev–Trinajstić information content (AvgIpc) is 2.92. The molecule has 6 nitrogen and oxygen atoms in total. The Bertz CT molecular complexity index is 1400. The van der Waals surface area contributed by atoms with Crippen LogP contribution in [-0.2, 0) is 5.41 Å². The molecule has 0 radical (unpaired) electrons. The Kier molecular flexibility index (Phi) is 7.94. The SMILES string of the molecule is COc1cc2c(Oc3ccc(Nc4ccc(C(C)(C)C)cc4)cc3)ccnc2cc1OCC1CCCN(C)C1. The minimum absolute atomic E-state index is 0.138. The zero-order valence-corrected chi connectivity index (χ0v) is 23.7. The van der Waals surface area contributed by atoms with Crippen molar-refractivity contribution in [3.63, 3.8) is 0 Å². The molecule has 0 bridgehead atoms. The number of nitrogens with one attached hydrogen (secondary N) is 1. The van der Waals surface area contributed by atoms with Gasteiger partial charge in [-0.3, -0.25) is 4.98 Å². The van der Waals surface area contributed by atoms with E-state index in [0.29, 0.717) is 24.0 Å². The topological polar surface area (TPSA) is 55.9 Å². The Labute approximate surface area is 231 Å². The molecule has 1 atom stereocenters. The van der Waals surface area contributed by atoms with Crippen molar-refractivity contribution in [3.8, 4) is 23.0 Å². The second-order valence-corrected chi connectivity index (χ2v) is 11.5. The van der Waals surface area contributed by atoms with Gasteiger partial charge in [0.15, 0.2) is 11.5 Å². The maximum Gasteiger partial charge on any atom is 0.163 e. The molecule has 39 heavy (non-hydrogen) atoms. The van der Waals surface area contributed by atoms with Crippen LogP contribution in [0.2, 0.25) is 0 Å². The van der Waals surface area contributed by atoms with E-state index < -0.39 is 0 Å². The smallest absolute Gasteiger partial charge is 0.163 e. The number of likely N-dealkylation sites (tertiary alicyclic amines) is 1. The quantitative estimate of drug-likeness (QED) is 0.253. The van der Waals surface area contributed by atoms with Crippen LogP contribution in [0.3, 0.4) is 0 Å². The summed E-state index contributed by atoms with van der Waals surface area (Å²) in [6.45, 7) is 9.56. The fourth-order valence-corrected chi connectivity index (χ4v) is 5.06. The van der Waals surface area contributed by atoms with E-state index in [0.717, 1.165) is 46.9 Å². The summed E-state index contributed by atoms with van der Waals surface area (Å²) >= 11 is 0. The van der Waals surface area contributed by atoms with Crippen molar-refractivity contribution in [1.82, 2.24) is 9.88 Å². The van der Waals surface area contributed by atoms with Gasteiger partial charge in [-0.1, -0.05) is 32.9 Å². The predicted octanol–water partition coefficient (Wildman–Crippen LogP) is 7.80. The first kappa shape index (κ1) is 26.8. The summed E-state index contributed by atoms with van der Waals surface area (Å²) in [6.07, 6.45) is 4.17. The summed E-state index contributed by atoms with van der Waals surface area (Å²) < 4.78 is 18.2. The highest BCUT2D eigenvalue weighted by atomic mass is 16.5. The van der Waals surface area contributed by atoms with Crippen LogP contribution < -0.4 is 19.5 Å². The van der Waals surface area contributed by atoms with E-state index in [1.807, 2.05) is 42.5 Å². The van der Waals surface area contributed by atoms with Crippen molar-refractivity contribution in [2.45, 2.75) is 39.0 Å². The van der Waals surface area contributed by atoms with Gasteiger partial charge in [-0.25, -0.2) is 0 Å². The lowest BCUT2D eigenvalue weighted by Crippen LogP contribution is -2.34. The Balaban J connectivity index is 1.28. The zero-order valence-electron chi connectivity index (χ0n) is 23.7. The maximum absolute atomic E-state index is 6.29. The monoisotopic (exact) mass is 525 g/mol. The number of aromatic nitrogens is 1. The summed E-state index contributed by atoms with van der Waals surface area (Å²) in [7, 11) is 3.84. The fraction of sp³-hybridized carbons (Fsp3) is 0.364. The first-order chi connectivity index (χ1) is 18.8. The van der Waals surface area contributed by atoms with Crippen molar-refractivity contribution in [2.75, 3.05) is 39.2 Å². The van der Waals surface area contributed by atoms with Gasteiger partial charge >= 0.3 is 0 Å². The molecular weight excluding hydrogens is 486 g/mol. The lowest BCUT2D eigenvalue weighted by Gasteiger charge is -2.29. The zero-order chi connectivity index (χ0) is 27.4. The molecule has 204 valence electrons. The van der Waals surface area contributed by atoms with Gasteiger partial charge in [0.2, 0.25) is 0 Å². The number of piperidine rings is 1. The molecular formula is C33H39N3O3. The highest BCUT2D eigenvalue weighted by molar-refractivity contribution is 5.88. The number of fused-ring (bicyclic) bond motifs is 1. The first-order valence-electron chi connectivity index (χ1n) is 13.7. The van der Waals surface area contributed by atoms with Gasteiger partial charge in [-0.2, -0.15) is 0 Å². The molecule has 2 heterocycles. The van der Waals surface area contributed by atoms with Gasteiger partial charge in [-0.05, 0) is 85.9 Å². The van der Waals surface area contributed by atoms with Gasteiger partial charge in [-0.15, -0.1) is 0 Å². The van der Waals surface area contributed by atoms with E-state index in [1.54, 1.807) is 13.3 Å². The Morgan fingerprint density at radius 2 is 1.64 bits per heavy atom. The number of rotatable bonds is 8. The van der Waals surface area contributed by atoms with E-state index in [1.165, 1.54) is 18.4 Å². The number of nitrogens with zero attached hydrogens (tertiary/aromatic N) is 2. The molecule has 6 heteroatoms. The maximum atomic E-state index is 6.29. The third-order valence-corrected chi connectivity index (χ3v) is 7.31. The number of methoxy groups -OCH3 is 1. The van der Waals surface area contributed by atoms with Gasteiger partial charge in [0.25, 0.3) is 0 Å². The highest BCUT2D eigenvalue weighted by Gasteiger charge is 2.19. The van der Waals surface area contributed by atoms with E-state index in [9.17, 15) is 0 Å². The molecule has 1 unspecified atom stereocenters. The van der Waals surface area contributed by atoms with E-state index in [-0.39, 0.29) is 5.41 Å². The number of benzene rings is 3. The van der Waals surface area contributed by atoms with Crippen LogP contribution in [0.4, 0.5) is 11.4 Å². The molecule has 1 N–H and O–H groups in total. The Hall–Kier alpha value is -3.77. The molecule has 1 aliphatic heterocycles. The number of anilines is 2. The van der Waals surface area contributed by atoms with Crippen LogP contribution in [0.15, 0.2) is 72.9 Å². The van der Waals surface area contributed by atoms with Gasteiger partial charge in [0.1, 0.15) is 11.5 Å². The van der Waals surface area contributed by atoms with E-state index in [4.69, 9.17) is 14.2 Å².